The lowest BCUT2D eigenvalue weighted by Gasteiger charge is -2.13. The lowest BCUT2D eigenvalue weighted by atomic mass is 10.2. The minimum absolute atomic E-state index is 0.176. The average molecular weight is 462 g/mol. The number of nitrogens with one attached hydrogen (secondary N) is 1. The summed E-state index contributed by atoms with van der Waals surface area (Å²) in [5.41, 5.74) is 2.63. The highest BCUT2D eigenvalue weighted by molar-refractivity contribution is 7.99. The van der Waals surface area contributed by atoms with E-state index in [1.807, 2.05) is 47.8 Å². The molecule has 0 fully saturated rings. The van der Waals surface area contributed by atoms with E-state index in [1.165, 1.54) is 11.8 Å². The molecule has 0 atom stereocenters. The molecule has 6 nitrogen and oxygen atoms in total. The number of hydrogen-bond donors (Lipinski definition) is 1. The molecule has 1 N–H and O–H groups in total. The Morgan fingerprint density at radius 3 is 2.53 bits per heavy atom. The second-order valence-electron chi connectivity index (χ2n) is 6.61. The highest BCUT2D eigenvalue weighted by Crippen LogP contribution is 2.27. The van der Waals surface area contributed by atoms with Gasteiger partial charge in [0.25, 0.3) is 0 Å². The zero-order valence-electron chi connectivity index (χ0n) is 16.6. The Kier molecular flexibility index (Phi) is 7.42. The van der Waals surface area contributed by atoms with Crippen LogP contribution in [0.25, 0.3) is 11.4 Å². The minimum Gasteiger partial charge on any atom is -0.378 e. The second-order valence-corrected chi connectivity index (χ2v) is 8.37. The number of hydrogen-bond acceptors (Lipinski definition) is 5. The number of allylic oxidation sites excluding steroid dienone is 1. The molecule has 3 rings (SSSR count). The summed E-state index contributed by atoms with van der Waals surface area (Å²) in [5.74, 6) is 0.728. The average Bonchev–Trinajstić information content (AvgIpc) is 3.12. The molecule has 0 spiro atoms. The molecule has 0 saturated carbocycles. The van der Waals surface area contributed by atoms with Gasteiger partial charge in [0.15, 0.2) is 11.0 Å². The van der Waals surface area contributed by atoms with Crippen LogP contribution in [0.4, 0.5) is 11.4 Å². The molecule has 0 saturated heterocycles. The Bertz CT molecular complexity index is 1050. The summed E-state index contributed by atoms with van der Waals surface area (Å²) in [6.07, 6.45) is 1.78. The smallest absolute Gasteiger partial charge is 0.234 e. The SMILES string of the molecule is C=CCn1c(SCC(=O)Nc2ccc(Cl)c(Cl)c2)nnc1-c1ccc(N(C)C)cc1. The van der Waals surface area contributed by atoms with Crippen molar-refractivity contribution >= 4 is 52.2 Å². The van der Waals surface area contributed by atoms with Crippen LogP contribution in [0.15, 0.2) is 60.3 Å². The number of rotatable bonds is 8. The Labute approximate surface area is 189 Å². The summed E-state index contributed by atoms with van der Waals surface area (Å²) in [4.78, 5) is 14.4. The molecule has 156 valence electrons. The maximum Gasteiger partial charge on any atom is 0.234 e. The van der Waals surface area contributed by atoms with Crippen LogP contribution in [0, 0.1) is 0 Å². The number of carbonyl (C=O) groups excluding carboxylic acids is 1. The third kappa shape index (κ3) is 5.36. The van der Waals surface area contributed by atoms with E-state index in [1.54, 1.807) is 24.3 Å². The fourth-order valence-corrected chi connectivity index (χ4v) is 3.76. The molecule has 1 aromatic heterocycles. The van der Waals surface area contributed by atoms with Crippen molar-refractivity contribution in [2.24, 2.45) is 0 Å². The van der Waals surface area contributed by atoms with Gasteiger partial charge in [0.2, 0.25) is 5.91 Å². The Morgan fingerprint density at radius 1 is 1.17 bits per heavy atom. The topological polar surface area (TPSA) is 63.1 Å². The van der Waals surface area contributed by atoms with E-state index in [0.717, 1.165) is 17.1 Å². The van der Waals surface area contributed by atoms with E-state index in [4.69, 9.17) is 23.2 Å². The van der Waals surface area contributed by atoms with Gasteiger partial charge < -0.3 is 10.2 Å². The van der Waals surface area contributed by atoms with Gasteiger partial charge in [-0.05, 0) is 42.5 Å². The van der Waals surface area contributed by atoms with Crippen LogP contribution in [0.5, 0.6) is 0 Å². The molecule has 3 aromatic rings. The predicted molar refractivity (Wildman–Crippen MR) is 126 cm³/mol. The first-order chi connectivity index (χ1) is 14.4. The maximum absolute atomic E-state index is 12.3. The standard InChI is InChI=1S/C21H21Cl2N5OS/c1-4-11-28-20(14-5-8-16(9-6-14)27(2)3)25-26-21(28)30-13-19(29)24-15-7-10-17(22)18(23)12-15/h4-10,12H,1,11,13H2,2-3H3,(H,24,29). The zero-order valence-corrected chi connectivity index (χ0v) is 18.9. The van der Waals surface area contributed by atoms with Crippen molar-refractivity contribution in [3.8, 4) is 11.4 Å². The van der Waals surface area contributed by atoms with Crippen molar-refractivity contribution in [2.75, 3.05) is 30.1 Å². The highest BCUT2D eigenvalue weighted by atomic mass is 35.5. The first-order valence-corrected chi connectivity index (χ1v) is 10.8. The molecule has 1 amide bonds. The van der Waals surface area contributed by atoms with Gasteiger partial charge >= 0.3 is 0 Å². The van der Waals surface area contributed by atoms with Crippen LogP contribution in [0.2, 0.25) is 10.0 Å². The molecular formula is C21H21Cl2N5OS. The first kappa shape index (κ1) is 22.2. The van der Waals surface area contributed by atoms with Crippen molar-refractivity contribution in [3.05, 3.63) is 65.2 Å². The highest BCUT2D eigenvalue weighted by Gasteiger charge is 2.15. The number of anilines is 2. The first-order valence-electron chi connectivity index (χ1n) is 9.08. The van der Waals surface area contributed by atoms with Gasteiger partial charge in [0, 0.05) is 37.6 Å². The van der Waals surface area contributed by atoms with Gasteiger partial charge in [-0.2, -0.15) is 0 Å². The molecule has 0 bridgehead atoms. The monoisotopic (exact) mass is 461 g/mol. The van der Waals surface area contributed by atoms with Gasteiger partial charge in [0.05, 0.1) is 15.8 Å². The summed E-state index contributed by atoms with van der Waals surface area (Å²) in [6, 6.07) is 13.0. The Balaban J connectivity index is 1.72. The van der Waals surface area contributed by atoms with Crippen molar-refractivity contribution in [3.63, 3.8) is 0 Å². The van der Waals surface area contributed by atoms with Crippen molar-refractivity contribution in [2.45, 2.75) is 11.7 Å². The van der Waals surface area contributed by atoms with E-state index in [0.29, 0.717) is 27.4 Å². The van der Waals surface area contributed by atoms with E-state index in [9.17, 15) is 4.79 Å². The van der Waals surface area contributed by atoms with Crippen LogP contribution < -0.4 is 10.2 Å². The van der Waals surface area contributed by atoms with Gasteiger partial charge in [-0.3, -0.25) is 9.36 Å². The normalized spacial score (nSPS) is 10.7. The van der Waals surface area contributed by atoms with Gasteiger partial charge in [-0.25, -0.2) is 0 Å². The second kappa shape index (κ2) is 10.0. The maximum atomic E-state index is 12.3. The zero-order chi connectivity index (χ0) is 21.7. The third-order valence-corrected chi connectivity index (χ3v) is 5.91. The molecule has 30 heavy (non-hydrogen) atoms. The van der Waals surface area contributed by atoms with E-state index < -0.39 is 0 Å². The van der Waals surface area contributed by atoms with E-state index >= 15 is 0 Å². The third-order valence-electron chi connectivity index (χ3n) is 4.21. The van der Waals surface area contributed by atoms with Crippen molar-refractivity contribution in [1.82, 2.24) is 14.8 Å². The molecule has 2 aromatic carbocycles. The number of nitrogens with zero attached hydrogens (tertiary/aromatic N) is 4. The fourth-order valence-electron chi connectivity index (χ4n) is 2.71. The van der Waals surface area contributed by atoms with Crippen LogP contribution in [-0.4, -0.2) is 40.5 Å². The summed E-state index contributed by atoms with van der Waals surface area (Å²) in [6.45, 7) is 4.36. The van der Waals surface area contributed by atoms with Crippen molar-refractivity contribution < 1.29 is 4.79 Å². The summed E-state index contributed by atoms with van der Waals surface area (Å²) in [5, 5.41) is 12.9. The number of thioether (sulfide) groups is 1. The van der Waals surface area contributed by atoms with E-state index in [-0.39, 0.29) is 11.7 Å². The number of carbonyl (C=O) groups is 1. The van der Waals surface area contributed by atoms with Gasteiger partial charge in [-0.1, -0.05) is 41.0 Å². The van der Waals surface area contributed by atoms with Gasteiger partial charge in [0.1, 0.15) is 0 Å². The molecule has 0 radical (unpaired) electrons. The van der Waals surface area contributed by atoms with Gasteiger partial charge in [-0.15, -0.1) is 16.8 Å². The molecule has 0 aliphatic rings. The van der Waals surface area contributed by atoms with Crippen LogP contribution >= 0.6 is 35.0 Å². The molecular weight excluding hydrogens is 441 g/mol. The lowest BCUT2D eigenvalue weighted by molar-refractivity contribution is -0.113. The molecule has 0 aliphatic heterocycles. The fraction of sp³-hybridized carbons (Fsp3) is 0.190. The Hall–Kier alpha value is -2.48. The molecule has 0 unspecified atom stereocenters. The summed E-state index contributed by atoms with van der Waals surface area (Å²) in [7, 11) is 3.99. The molecule has 0 aliphatic carbocycles. The minimum atomic E-state index is -0.177. The Morgan fingerprint density at radius 2 is 1.90 bits per heavy atom. The number of amides is 1. The van der Waals surface area contributed by atoms with Crippen LogP contribution in [-0.2, 0) is 11.3 Å². The predicted octanol–water partition coefficient (Wildman–Crippen LogP) is 5.23. The lowest BCUT2D eigenvalue weighted by Crippen LogP contribution is -2.14. The van der Waals surface area contributed by atoms with E-state index in [2.05, 4.69) is 22.1 Å². The molecule has 9 heteroatoms. The van der Waals surface area contributed by atoms with Crippen LogP contribution in [0.1, 0.15) is 0 Å². The molecule has 1 heterocycles. The number of benzene rings is 2. The quantitative estimate of drug-likeness (QED) is 0.367. The van der Waals surface area contributed by atoms with Crippen molar-refractivity contribution in [1.29, 1.82) is 0 Å². The van der Waals surface area contributed by atoms with Crippen LogP contribution in [0.3, 0.4) is 0 Å². The number of aromatic nitrogens is 3. The largest absolute Gasteiger partial charge is 0.378 e. The summed E-state index contributed by atoms with van der Waals surface area (Å²) < 4.78 is 1.94. The summed E-state index contributed by atoms with van der Waals surface area (Å²) >= 11 is 13.2. The number of halogens is 2.